The van der Waals surface area contributed by atoms with Crippen LogP contribution in [0.25, 0.3) is 11.1 Å². The van der Waals surface area contributed by atoms with E-state index in [1.54, 1.807) is 18.2 Å². The number of rotatable bonds is 5. The molecule has 6 nitrogen and oxygen atoms in total. The van der Waals surface area contributed by atoms with Crippen LogP contribution in [0, 0.1) is 5.82 Å². The number of hydrogen-bond donors (Lipinski definition) is 2. The third kappa shape index (κ3) is 3.33. The van der Waals surface area contributed by atoms with Crippen molar-refractivity contribution in [3.8, 4) is 0 Å². The summed E-state index contributed by atoms with van der Waals surface area (Å²) in [5, 5.41) is 0. The first kappa shape index (κ1) is 15.4. The van der Waals surface area contributed by atoms with E-state index in [0.29, 0.717) is 11.1 Å². The van der Waals surface area contributed by atoms with Gasteiger partial charge in [-0.2, -0.15) is 0 Å². The van der Waals surface area contributed by atoms with E-state index in [9.17, 15) is 17.6 Å². The van der Waals surface area contributed by atoms with Crippen LogP contribution in [0.3, 0.4) is 0 Å². The van der Waals surface area contributed by atoms with Crippen LogP contribution in [0.4, 0.5) is 4.39 Å². The van der Waals surface area contributed by atoms with Crippen LogP contribution in [-0.4, -0.2) is 19.9 Å². The maximum absolute atomic E-state index is 13.5. The van der Waals surface area contributed by atoms with Crippen molar-refractivity contribution in [2.75, 3.05) is 6.54 Å². The fraction of sp³-hybridized carbons (Fsp3) is 0.133. The molecule has 0 radical (unpaired) electrons. The molecule has 1 aromatic heterocycles. The van der Waals surface area contributed by atoms with Gasteiger partial charge in [0.1, 0.15) is 5.82 Å². The van der Waals surface area contributed by atoms with Crippen LogP contribution in [0.1, 0.15) is 5.56 Å². The van der Waals surface area contributed by atoms with Crippen molar-refractivity contribution < 1.29 is 17.2 Å². The van der Waals surface area contributed by atoms with E-state index in [1.165, 1.54) is 24.3 Å². The Morgan fingerprint density at radius 2 is 1.96 bits per heavy atom. The second kappa shape index (κ2) is 5.98. The summed E-state index contributed by atoms with van der Waals surface area (Å²) < 4.78 is 45.2. The van der Waals surface area contributed by atoms with E-state index in [0.717, 1.165) is 0 Å². The quantitative estimate of drug-likeness (QED) is 0.743. The number of aromatic amines is 1. The molecule has 0 saturated carbocycles. The topological polar surface area (TPSA) is 92.2 Å². The minimum Gasteiger partial charge on any atom is -0.408 e. The summed E-state index contributed by atoms with van der Waals surface area (Å²) in [7, 11) is -3.76. The fourth-order valence-corrected chi connectivity index (χ4v) is 3.26. The van der Waals surface area contributed by atoms with Gasteiger partial charge in [-0.15, -0.1) is 0 Å². The molecule has 23 heavy (non-hydrogen) atoms. The summed E-state index contributed by atoms with van der Waals surface area (Å²) in [6.45, 7) is 0.0587. The Labute approximate surface area is 131 Å². The number of aromatic nitrogens is 1. The van der Waals surface area contributed by atoms with Crippen molar-refractivity contribution in [1.29, 1.82) is 0 Å². The molecule has 0 fully saturated rings. The molecule has 0 aliphatic rings. The number of sulfonamides is 1. The maximum Gasteiger partial charge on any atom is 0.417 e. The lowest BCUT2D eigenvalue weighted by molar-refractivity contribution is 0.555. The summed E-state index contributed by atoms with van der Waals surface area (Å²) >= 11 is 0. The zero-order valence-corrected chi connectivity index (χ0v) is 12.7. The lowest BCUT2D eigenvalue weighted by Crippen LogP contribution is -2.26. The molecule has 120 valence electrons. The van der Waals surface area contributed by atoms with Crippen molar-refractivity contribution in [3.05, 3.63) is 64.4 Å². The molecule has 3 aromatic rings. The van der Waals surface area contributed by atoms with Gasteiger partial charge >= 0.3 is 5.76 Å². The van der Waals surface area contributed by atoms with Gasteiger partial charge in [-0.25, -0.2) is 22.3 Å². The van der Waals surface area contributed by atoms with Gasteiger partial charge < -0.3 is 4.42 Å². The van der Waals surface area contributed by atoms with Crippen molar-refractivity contribution >= 4 is 21.1 Å². The van der Waals surface area contributed by atoms with Crippen LogP contribution >= 0.6 is 0 Å². The SMILES string of the molecule is O=c1[nH]c2cc(S(=O)(=O)NCCc3ccccc3F)ccc2o1. The zero-order valence-electron chi connectivity index (χ0n) is 11.9. The van der Waals surface area contributed by atoms with Gasteiger partial charge in [-0.05, 0) is 36.2 Å². The molecule has 0 atom stereocenters. The average Bonchev–Trinajstić information content (AvgIpc) is 2.88. The van der Waals surface area contributed by atoms with Crippen molar-refractivity contribution in [3.63, 3.8) is 0 Å². The van der Waals surface area contributed by atoms with E-state index in [1.807, 2.05) is 0 Å². The number of nitrogens with one attached hydrogen (secondary N) is 2. The lowest BCUT2D eigenvalue weighted by atomic mass is 10.1. The summed E-state index contributed by atoms with van der Waals surface area (Å²) in [5.74, 6) is -1.02. The first-order valence-electron chi connectivity index (χ1n) is 6.82. The van der Waals surface area contributed by atoms with Gasteiger partial charge in [0.25, 0.3) is 0 Å². The highest BCUT2D eigenvalue weighted by molar-refractivity contribution is 7.89. The van der Waals surface area contributed by atoms with Crippen molar-refractivity contribution in [2.45, 2.75) is 11.3 Å². The molecular weight excluding hydrogens is 323 g/mol. The van der Waals surface area contributed by atoms with E-state index in [-0.39, 0.29) is 29.3 Å². The molecule has 0 bridgehead atoms. The fourth-order valence-electron chi connectivity index (χ4n) is 2.20. The molecule has 0 aliphatic heterocycles. The summed E-state index contributed by atoms with van der Waals surface area (Å²) in [4.78, 5) is 13.5. The van der Waals surface area contributed by atoms with Crippen molar-refractivity contribution in [2.24, 2.45) is 0 Å². The second-order valence-electron chi connectivity index (χ2n) is 4.91. The number of benzene rings is 2. The molecule has 2 aromatic carbocycles. The molecule has 8 heteroatoms. The molecular formula is C15H13FN2O4S. The van der Waals surface area contributed by atoms with Gasteiger partial charge in [0.05, 0.1) is 10.4 Å². The Morgan fingerprint density at radius 1 is 1.17 bits per heavy atom. The van der Waals surface area contributed by atoms with E-state index in [2.05, 4.69) is 9.71 Å². The molecule has 0 saturated heterocycles. The third-order valence-corrected chi connectivity index (χ3v) is 4.80. The van der Waals surface area contributed by atoms with Crippen LogP contribution in [0.5, 0.6) is 0 Å². The van der Waals surface area contributed by atoms with Gasteiger partial charge in [0.2, 0.25) is 10.0 Å². The number of oxazole rings is 1. The molecule has 1 heterocycles. The normalized spacial score (nSPS) is 11.9. The standard InChI is InChI=1S/C15H13FN2O4S/c16-12-4-2-1-3-10(12)7-8-17-23(20,21)11-5-6-14-13(9-11)18-15(19)22-14/h1-6,9,17H,7-8H2,(H,18,19). The highest BCUT2D eigenvalue weighted by Gasteiger charge is 2.15. The molecule has 2 N–H and O–H groups in total. The minimum atomic E-state index is -3.76. The highest BCUT2D eigenvalue weighted by Crippen LogP contribution is 2.16. The van der Waals surface area contributed by atoms with E-state index < -0.39 is 15.8 Å². The Hall–Kier alpha value is -2.45. The predicted octanol–water partition coefficient (Wildman–Crippen LogP) is 1.78. The molecule has 0 aliphatic carbocycles. The summed E-state index contributed by atoms with van der Waals surface area (Å²) in [5.41, 5.74) is 1.01. The lowest BCUT2D eigenvalue weighted by Gasteiger charge is -2.07. The summed E-state index contributed by atoms with van der Waals surface area (Å²) in [6.07, 6.45) is 0.233. The highest BCUT2D eigenvalue weighted by atomic mass is 32.2. The Kier molecular flexibility index (Phi) is 4.01. The number of halogens is 1. The van der Waals surface area contributed by atoms with Crippen LogP contribution in [-0.2, 0) is 16.4 Å². The van der Waals surface area contributed by atoms with Gasteiger partial charge in [-0.1, -0.05) is 18.2 Å². The molecule has 0 spiro atoms. The summed E-state index contributed by atoms with van der Waals surface area (Å²) in [6, 6.07) is 10.2. The van der Waals surface area contributed by atoms with Crippen molar-refractivity contribution in [1.82, 2.24) is 9.71 Å². The van der Waals surface area contributed by atoms with Gasteiger partial charge in [0.15, 0.2) is 5.58 Å². The van der Waals surface area contributed by atoms with Crippen LogP contribution in [0.15, 0.2) is 56.6 Å². The Morgan fingerprint density at radius 3 is 2.74 bits per heavy atom. The van der Waals surface area contributed by atoms with Gasteiger partial charge in [-0.3, -0.25) is 4.98 Å². The molecule has 0 amide bonds. The largest absolute Gasteiger partial charge is 0.417 e. The molecule has 3 rings (SSSR count). The smallest absolute Gasteiger partial charge is 0.408 e. The number of hydrogen-bond acceptors (Lipinski definition) is 4. The molecule has 0 unspecified atom stereocenters. The minimum absolute atomic E-state index is 0.00409. The maximum atomic E-state index is 13.5. The predicted molar refractivity (Wildman–Crippen MR) is 82.1 cm³/mol. The average molecular weight is 336 g/mol. The van der Waals surface area contributed by atoms with Gasteiger partial charge in [0, 0.05) is 6.54 Å². The van der Waals surface area contributed by atoms with E-state index >= 15 is 0 Å². The van der Waals surface area contributed by atoms with E-state index in [4.69, 9.17) is 4.42 Å². The first-order valence-corrected chi connectivity index (χ1v) is 8.30. The monoisotopic (exact) mass is 336 g/mol. The Bertz CT molecular complexity index is 1010. The first-order chi connectivity index (χ1) is 11.0. The number of fused-ring (bicyclic) bond motifs is 1. The zero-order chi connectivity index (χ0) is 16.4. The number of H-pyrrole nitrogens is 1. The van der Waals surface area contributed by atoms with Crippen LogP contribution in [0.2, 0.25) is 0 Å². The Balaban J connectivity index is 1.75. The van der Waals surface area contributed by atoms with Crippen LogP contribution < -0.4 is 10.5 Å². The second-order valence-corrected chi connectivity index (χ2v) is 6.68. The third-order valence-electron chi connectivity index (χ3n) is 3.34.